The van der Waals surface area contributed by atoms with Gasteiger partial charge in [-0.25, -0.2) is 14.4 Å². The van der Waals surface area contributed by atoms with Crippen LogP contribution >= 0.6 is 11.3 Å². The molecule has 0 unspecified atom stereocenters. The molecule has 0 spiro atoms. The molecule has 10 heteroatoms. The monoisotopic (exact) mass is 523 g/mol. The van der Waals surface area contributed by atoms with Crippen molar-refractivity contribution >= 4 is 45.0 Å². The van der Waals surface area contributed by atoms with Crippen LogP contribution in [0.5, 0.6) is 0 Å². The third kappa shape index (κ3) is 3.76. The number of anilines is 1. The number of hydrogen-bond acceptors (Lipinski definition) is 6. The van der Waals surface area contributed by atoms with Crippen LogP contribution in [0.15, 0.2) is 55.0 Å². The van der Waals surface area contributed by atoms with E-state index in [1.54, 1.807) is 48.1 Å². The quantitative estimate of drug-likeness (QED) is 0.239. The topological polar surface area (TPSA) is 112 Å². The minimum Gasteiger partial charge on any atom is -0.335 e. The first-order valence-electron chi connectivity index (χ1n) is 12.4. The van der Waals surface area contributed by atoms with Crippen molar-refractivity contribution in [1.82, 2.24) is 30.1 Å². The molecule has 0 radical (unpaired) electrons. The molecule has 8 nitrogen and oxygen atoms in total. The minimum atomic E-state index is -0.446. The van der Waals surface area contributed by atoms with Crippen LogP contribution in [0.2, 0.25) is 0 Å². The fourth-order valence-corrected chi connectivity index (χ4v) is 5.74. The lowest BCUT2D eigenvalue weighted by Gasteiger charge is -2.24. The van der Waals surface area contributed by atoms with E-state index in [0.717, 1.165) is 35.2 Å². The summed E-state index contributed by atoms with van der Waals surface area (Å²) in [5.74, 6) is 0.00918. The molecule has 6 aromatic rings. The summed E-state index contributed by atoms with van der Waals surface area (Å²) in [6.07, 6.45) is 7.77. The van der Waals surface area contributed by atoms with E-state index in [2.05, 4.69) is 54.5 Å². The number of aryl methyl sites for hydroxylation is 1. The zero-order chi connectivity index (χ0) is 25.8. The molecular formula is C28H22FN7OS. The highest BCUT2D eigenvalue weighted by molar-refractivity contribution is 7.15. The Labute approximate surface area is 220 Å². The van der Waals surface area contributed by atoms with Crippen LogP contribution in [0.4, 0.5) is 10.1 Å². The van der Waals surface area contributed by atoms with Gasteiger partial charge in [0.15, 0.2) is 11.5 Å². The maximum Gasteiger partial charge on any atom is 0.227 e. The number of fused-ring (bicyclic) bond motifs is 2. The Morgan fingerprint density at radius 2 is 2.03 bits per heavy atom. The maximum absolute atomic E-state index is 16.1. The molecule has 3 N–H and O–H groups in total. The smallest absolute Gasteiger partial charge is 0.227 e. The van der Waals surface area contributed by atoms with Gasteiger partial charge in [0.2, 0.25) is 5.91 Å². The number of amides is 1. The number of halogens is 1. The Morgan fingerprint density at radius 3 is 2.82 bits per heavy atom. The summed E-state index contributed by atoms with van der Waals surface area (Å²) in [6, 6.07) is 11.3. The second kappa shape index (κ2) is 8.84. The molecule has 0 saturated heterocycles. The lowest BCUT2D eigenvalue weighted by Crippen LogP contribution is -2.28. The van der Waals surface area contributed by atoms with Gasteiger partial charge in [-0.3, -0.25) is 14.9 Å². The minimum absolute atomic E-state index is 0.0150. The number of H-pyrrole nitrogens is 2. The van der Waals surface area contributed by atoms with Gasteiger partial charge in [-0.1, -0.05) is 6.42 Å². The first-order chi connectivity index (χ1) is 18.5. The molecule has 5 aromatic heterocycles. The van der Waals surface area contributed by atoms with Gasteiger partial charge in [0.05, 0.1) is 28.3 Å². The fourth-order valence-electron chi connectivity index (χ4n) is 4.85. The normalized spacial score (nSPS) is 13.7. The molecule has 7 rings (SSSR count). The molecule has 1 fully saturated rings. The Morgan fingerprint density at radius 1 is 1.13 bits per heavy atom. The molecule has 0 bridgehead atoms. The second-order valence-electron chi connectivity index (χ2n) is 9.55. The third-order valence-corrected chi connectivity index (χ3v) is 8.12. The molecule has 38 heavy (non-hydrogen) atoms. The first-order valence-corrected chi connectivity index (χ1v) is 13.2. The summed E-state index contributed by atoms with van der Waals surface area (Å²) < 4.78 is 16.1. The standard InChI is InChI=1S/C28H22FN7OS/c1-14-5-8-21(38-14)19-9-10-31-26-24(19)33-27(34-26)25-22-20(35-36-25)7-6-18(23(22)29)16-11-17(13-30-12-16)32-28(37)15-3-2-4-15/h5-13,15H,2-4H2,1H3,(H,32,37)(H,35,36)(H,31,33,34). The number of aromatic amines is 2. The van der Waals surface area contributed by atoms with Gasteiger partial charge < -0.3 is 10.3 Å². The van der Waals surface area contributed by atoms with Gasteiger partial charge in [0.25, 0.3) is 0 Å². The lowest BCUT2D eigenvalue weighted by molar-refractivity contribution is -0.122. The Bertz CT molecular complexity index is 1850. The van der Waals surface area contributed by atoms with E-state index < -0.39 is 5.82 Å². The molecule has 1 aromatic carbocycles. The van der Waals surface area contributed by atoms with Crippen LogP contribution in [0, 0.1) is 18.7 Å². The van der Waals surface area contributed by atoms with Crippen molar-refractivity contribution in [2.75, 3.05) is 5.32 Å². The van der Waals surface area contributed by atoms with Gasteiger partial charge in [0.1, 0.15) is 11.5 Å². The van der Waals surface area contributed by atoms with Crippen LogP contribution in [0.25, 0.3) is 55.2 Å². The fraction of sp³-hybridized carbons (Fsp3) is 0.179. The number of rotatable bonds is 5. The number of carbonyl (C=O) groups is 1. The molecule has 1 aliphatic rings. The Balaban J connectivity index is 1.30. The number of imidazole rings is 1. The predicted octanol–water partition coefficient (Wildman–Crippen LogP) is 6.48. The highest BCUT2D eigenvalue weighted by atomic mass is 32.1. The molecule has 0 aliphatic heterocycles. The number of thiophene rings is 1. The zero-order valence-electron chi connectivity index (χ0n) is 20.4. The summed E-state index contributed by atoms with van der Waals surface area (Å²) in [5.41, 5.74) is 4.68. The van der Waals surface area contributed by atoms with Gasteiger partial charge in [0, 0.05) is 44.8 Å². The van der Waals surface area contributed by atoms with Crippen molar-refractivity contribution in [3.05, 3.63) is 65.7 Å². The number of hydrogen-bond donors (Lipinski definition) is 3. The summed E-state index contributed by atoms with van der Waals surface area (Å²) in [4.78, 5) is 31.3. The van der Waals surface area contributed by atoms with E-state index in [1.807, 2.05) is 6.07 Å². The molecular weight excluding hydrogens is 501 g/mol. The van der Waals surface area contributed by atoms with Crippen molar-refractivity contribution < 1.29 is 9.18 Å². The zero-order valence-corrected chi connectivity index (χ0v) is 21.2. The van der Waals surface area contributed by atoms with Crippen molar-refractivity contribution in [3.63, 3.8) is 0 Å². The summed E-state index contributed by atoms with van der Waals surface area (Å²) in [6.45, 7) is 2.06. The molecule has 1 amide bonds. The van der Waals surface area contributed by atoms with E-state index in [1.165, 1.54) is 4.88 Å². The summed E-state index contributed by atoms with van der Waals surface area (Å²) in [5, 5.41) is 10.6. The van der Waals surface area contributed by atoms with E-state index in [4.69, 9.17) is 0 Å². The number of pyridine rings is 2. The molecule has 5 heterocycles. The molecule has 1 aliphatic carbocycles. The van der Waals surface area contributed by atoms with Gasteiger partial charge in [-0.05, 0) is 56.2 Å². The average Bonchev–Trinajstić information content (AvgIpc) is 3.61. The maximum atomic E-state index is 16.1. The van der Waals surface area contributed by atoms with Crippen molar-refractivity contribution in [3.8, 4) is 33.1 Å². The van der Waals surface area contributed by atoms with Crippen molar-refractivity contribution in [1.29, 1.82) is 0 Å². The highest BCUT2D eigenvalue weighted by Gasteiger charge is 2.25. The van der Waals surface area contributed by atoms with Crippen LogP contribution in [-0.2, 0) is 4.79 Å². The van der Waals surface area contributed by atoms with Crippen LogP contribution in [0.3, 0.4) is 0 Å². The number of carbonyl (C=O) groups excluding carboxylic acids is 1. The molecule has 1 saturated carbocycles. The molecule has 0 atom stereocenters. The number of nitrogens with one attached hydrogen (secondary N) is 3. The highest BCUT2D eigenvalue weighted by Crippen LogP contribution is 2.37. The number of nitrogens with zero attached hydrogens (tertiary/aromatic N) is 4. The lowest BCUT2D eigenvalue weighted by atomic mass is 9.85. The second-order valence-corrected chi connectivity index (χ2v) is 10.8. The molecule has 188 valence electrons. The van der Waals surface area contributed by atoms with Crippen LogP contribution in [-0.4, -0.2) is 36.0 Å². The predicted molar refractivity (Wildman–Crippen MR) is 146 cm³/mol. The Hall–Kier alpha value is -4.44. The third-order valence-electron chi connectivity index (χ3n) is 7.08. The van der Waals surface area contributed by atoms with E-state index in [0.29, 0.717) is 44.9 Å². The van der Waals surface area contributed by atoms with Crippen LogP contribution in [0.1, 0.15) is 24.1 Å². The van der Waals surface area contributed by atoms with E-state index in [-0.39, 0.29) is 11.8 Å². The first kappa shape index (κ1) is 22.7. The van der Waals surface area contributed by atoms with Gasteiger partial charge in [-0.2, -0.15) is 5.10 Å². The van der Waals surface area contributed by atoms with Crippen molar-refractivity contribution in [2.24, 2.45) is 5.92 Å². The number of benzene rings is 1. The van der Waals surface area contributed by atoms with Crippen molar-refractivity contribution in [2.45, 2.75) is 26.2 Å². The summed E-state index contributed by atoms with van der Waals surface area (Å²) >= 11 is 1.69. The average molecular weight is 524 g/mol. The number of aromatic nitrogens is 6. The van der Waals surface area contributed by atoms with E-state index in [9.17, 15) is 4.79 Å². The SMILES string of the molecule is Cc1ccc(-c2ccnc3nc(-c4n[nH]c5ccc(-c6cncc(NC(=O)C7CCC7)c6)c(F)c45)[nH]c23)s1. The Kier molecular flexibility index (Phi) is 5.29. The summed E-state index contributed by atoms with van der Waals surface area (Å²) in [7, 11) is 0. The van der Waals surface area contributed by atoms with Gasteiger partial charge >= 0.3 is 0 Å². The largest absolute Gasteiger partial charge is 0.335 e. The van der Waals surface area contributed by atoms with Gasteiger partial charge in [-0.15, -0.1) is 11.3 Å². The van der Waals surface area contributed by atoms with E-state index >= 15 is 4.39 Å². The van der Waals surface area contributed by atoms with Crippen LogP contribution < -0.4 is 5.32 Å².